The lowest BCUT2D eigenvalue weighted by molar-refractivity contribution is 0.0695. The van der Waals surface area contributed by atoms with E-state index in [-0.39, 0.29) is 5.56 Å². The molecule has 5 nitrogen and oxygen atoms in total. The molecule has 0 amide bonds. The molecule has 1 fully saturated rings. The molecule has 0 aromatic carbocycles. The van der Waals surface area contributed by atoms with E-state index >= 15 is 0 Å². The van der Waals surface area contributed by atoms with Crippen molar-refractivity contribution >= 4 is 11.9 Å². The maximum absolute atomic E-state index is 10.9. The molecular formula is C14H21N3O2. The van der Waals surface area contributed by atoms with E-state index in [0.29, 0.717) is 17.7 Å². The van der Waals surface area contributed by atoms with Crippen molar-refractivity contribution in [3.05, 3.63) is 17.5 Å². The Hall–Kier alpha value is -1.65. The number of anilines is 1. The number of carboxylic acids is 1. The molecule has 0 radical (unpaired) electrons. The molecule has 104 valence electrons. The monoisotopic (exact) mass is 263 g/mol. The summed E-state index contributed by atoms with van der Waals surface area (Å²) in [7, 11) is 0. The Morgan fingerprint density at radius 1 is 1.26 bits per heavy atom. The van der Waals surface area contributed by atoms with Crippen molar-refractivity contribution in [1.82, 2.24) is 9.97 Å². The summed E-state index contributed by atoms with van der Waals surface area (Å²) in [5.41, 5.74) is 0.680. The fourth-order valence-electron chi connectivity index (χ4n) is 2.53. The Bertz CT molecular complexity index is 440. The van der Waals surface area contributed by atoms with Crippen LogP contribution in [0.15, 0.2) is 6.20 Å². The summed E-state index contributed by atoms with van der Waals surface area (Å²) in [6.45, 7) is 1.70. The molecule has 0 saturated heterocycles. The normalized spacial score (nSPS) is 17.5. The number of rotatable bonds is 3. The third-order valence-electron chi connectivity index (χ3n) is 3.65. The largest absolute Gasteiger partial charge is 0.478 e. The van der Waals surface area contributed by atoms with Crippen molar-refractivity contribution in [2.75, 3.05) is 5.32 Å². The van der Waals surface area contributed by atoms with Gasteiger partial charge in [-0.25, -0.2) is 14.8 Å². The molecule has 0 unspecified atom stereocenters. The van der Waals surface area contributed by atoms with Crippen molar-refractivity contribution in [2.24, 2.45) is 0 Å². The van der Waals surface area contributed by atoms with Gasteiger partial charge < -0.3 is 10.4 Å². The van der Waals surface area contributed by atoms with Gasteiger partial charge >= 0.3 is 5.97 Å². The predicted molar refractivity (Wildman–Crippen MR) is 73.5 cm³/mol. The van der Waals surface area contributed by atoms with Gasteiger partial charge in [0.1, 0.15) is 0 Å². The zero-order chi connectivity index (χ0) is 13.7. The number of aromatic carboxylic acids is 1. The van der Waals surface area contributed by atoms with E-state index < -0.39 is 5.97 Å². The van der Waals surface area contributed by atoms with Crippen LogP contribution < -0.4 is 5.32 Å². The van der Waals surface area contributed by atoms with Gasteiger partial charge in [-0.3, -0.25) is 0 Å². The molecule has 1 aromatic rings. The van der Waals surface area contributed by atoms with Crippen LogP contribution >= 0.6 is 0 Å². The Kier molecular flexibility index (Phi) is 4.71. The zero-order valence-electron chi connectivity index (χ0n) is 11.4. The van der Waals surface area contributed by atoms with E-state index in [1.165, 1.54) is 38.3 Å². The fourth-order valence-corrected chi connectivity index (χ4v) is 2.53. The second kappa shape index (κ2) is 6.50. The summed E-state index contributed by atoms with van der Waals surface area (Å²) < 4.78 is 0. The number of hydrogen-bond donors (Lipinski definition) is 2. The average molecular weight is 263 g/mol. The Morgan fingerprint density at radius 3 is 2.47 bits per heavy atom. The minimum Gasteiger partial charge on any atom is -0.478 e. The molecule has 1 saturated carbocycles. The van der Waals surface area contributed by atoms with E-state index in [0.717, 1.165) is 12.8 Å². The zero-order valence-corrected chi connectivity index (χ0v) is 11.4. The highest BCUT2D eigenvalue weighted by atomic mass is 16.4. The van der Waals surface area contributed by atoms with Crippen LogP contribution in [0.4, 0.5) is 5.95 Å². The third kappa shape index (κ3) is 3.91. The first-order valence-corrected chi connectivity index (χ1v) is 7.00. The first-order valence-electron chi connectivity index (χ1n) is 7.00. The SMILES string of the molecule is Cc1nc(NC2CCCCCCC2)ncc1C(=O)O. The Labute approximate surface area is 113 Å². The highest BCUT2D eigenvalue weighted by molar-refractivity contribution is 5.88. The highest BCUT2D eigenvalue weighted by Crippen LogP contribution is 2.19. The molecule has 5 heteroatoms. The minimum atomic E-state index is -0.977. The molecule has 1 aliphatic carbocycles. The molecule has 1 aromatic heterocycles. The topological polar surface area (TPSA) is 75.1 Å². The van der Waals surface area contributed by atoms with Crippen molar-refractivity contribution < 1.29 is 9.90 Å². The first-order chi connectivity index (χ1) is 9.16. The molecule has 0 spiro atoms. The van der Waals surface area contributed by atoms with Gasteiger partial charge in [-0.2, -0.15) is 0 Å². The number of nitrogens with zero attached hydrogens (tertiary/aromatic N) is 2. The number of hydrogen-bond acceptors (Lipinski definition) is 4. The lowest BCUT2D eigenvalue weighted by Gasteiger charge is -2.21. The second-order valence-electron chi connectivity index (χ2n) is 5.18. The lowest BCUT2D eigenvalue weighted by atomic mass is 9.97. The molecule has 0 atom stereocenters. The van der Waals surface area contributed by atoms with Crippen molar-refractivity contribution in [3.8, 4) is 0 Å². The summed E-state index contributed by atoms with van der Waals surface area (Å²) in [6, 6.07) is 0.412. The number of nitrogens with one attached hydrogen (secondary N) is 1. The van der Waals surface area contributed by atoms with Gasteiger partial charge in [0.2, 0.25) is 5.95 Å². The molecule has 19 heavy (non-hydrogen) atoms. The summed E-state index contributed by atoms with van der Waals surface area (Å²) in [5.74, 6) is -0.428. The molecule has 0 aliphatic heterocycles. The van der Waals surface area contributed by atoms with Crippen molar-refractivity contribution in [2.45, 2.75) is 57.9 Å². The van der Waals surface area contributed by atoms with Crippen LogP contribution in [0.25, 0.3) is 0 Å². The molecule has 2 N–H and O–H groups in total. The van der Waals surface area contributed by atoms with Gasteiger partial charge in [-0.15, -0.1) is 0 Å². The van der Waals surface area contributed by atoms with E-state index in [1.54, 1.807) is 6.92 Å². The molecule has 0 bridgehead atoms. The molecule has 1 heterocycles. The van der Waals surface area contributed by atoms with Gasteiger partial charge in [0.15, 0.2) is 0 Å². The molecule has 1 aliphatic rings. The van der Waals surface area contributed by atoms with Gasteiger partial charge in [0.25, 0.3) is 0 Å². The van der Waals surface area contributed by atoms with Gasteiger partial charge in [-0.05, 0) is 19.8 Å². The number of aromatic nitrogens is 2. The van der Waals surface area contributed by atoms with Gasteiger partial charge in [0.05, 0.1) is 11.3 Å². The van der Waals surface area contributed by atoms with Gasteiger partial charge in [0, 0.05) is 12.2 Å². The van der Waals surface area contributed by atoms with E-state index in [4.69, 9.17) is 5.11 Å². The van der Waals surface area contributed by atoms with Crippen LogP contribution in [-0.4, -0.2) is 27.1 Å². The maximum Gasteiger partial charge on any atom is 0.339 e. The van der Waals surface area contributed by atoms with Crippen LogP contribution in [-0.2, 0) is 0 Å². The van der Waals surface area contributed by atoms with E-state index in [9.17, 15) is 4.79 Å². The summed E-state index contributed by atoms with van der Waals surface area (Å²) in [6.07, 6.45) is 10.1. The van der Waals surface area contributed by atoms with Crippen LogP contribution in [0.2, 0.25) is 0 Å². The van der Waals surface area contributed by atoms with Crippen molar-refractivity contribution in [1.29, 1.82) is 0 Å². The fraction of sp³-hybridized carbons (Fsp3) is 0.643. The molecule has 2 rings (SSSR count). The maximum atomic E-state index is 10.9. The smallest absolute Gasteiger partial charge is 0.339 e. The van der Waals surface area contributed by atoms with Gasteiger partial charge in [-0.1, -0.05) is 32.1 Å². The molecular weight excluding hydrogens is 242 g/mol. The predicted octanol–water partition coefficient (Wildman–Crippen LogP) is 3.01. The average Bonchev–Trinajstić information content (AvgIpc) is 2.32. The Morgan fingerprint density at radius 2 is 1.89 bits per heavy atom. The Balaban J connectivity index is 2.01. The van der Waals surface area contributed by atoms with Crippen molar-refractivity contribution in [3.63, 3.8) is 0 Å². The van der Waals surface area contributed by atoms with Crippen LogP contribution in [0.5, 0.6) is 0 Å². The van der Waals surface area contributed by atoms with Crippen LogP contribution in [0.3, 0.4) is 0 Å². The van der Waals surface area contributed by atoms with E-state index in [1.807, 2.05) is 0 Å². The lowest BCUT2D eigenvalue weighted by Crippen LogP contribution is -2.22. The van der Waals surface area contributed by atoms with Crippen LogP contribution in [0, 0.1) is 6.92 Å². The summed E-state index contributed by atoms with van der Waals surface area (Å²) >= 11 is 0. The quantitative estimate of drug-likeness (QED) is 0.876. The number of aryl methyl sites for hydroxylation is 1. The minimum absolute atomic E-state index is 0.170. The summed E-state index contributed by atoms with van der Waals surface area (Å²) in [4.78, 5) is 19.3. The first kappa shape index (κ1) is 13.8. The summed E-state index contributed by atoms with van der Waals surface area (Å²) in [5, 5.41) is 12.3. The second-order valence-corrected chi connectivity index (χ2v) is 5.18. The number of carbonyl (C=O) groups is 1. The van der Waals surface area contributed by atoms with Crippen LogP contribution in [0.1, 0.15) is 61.0 Å². The van der Waals surface area contributed by atoms with E-state index in [2.05, 4.69) is 15.3 Å². The third-order valence-corrected chi connectivity index (χ3v) is 3.65. The highest BCUT2D eigenvalue weighted by Gasteiger charge is 2.14. The number of carboxylic acid groups (broad SMARTS) is 1. The standard InChI is InChI=1S/C14H21N3O2/c1-10-12(13(18)19)9-15-14(16-10)17-11-7-5-3-2-4-6-8-11/h9,11H,2-8H2,1H3,(H,18,19)(H,15,16,17).